The van der Waals surface area contributed by atoms with Gasteiger partial charge in [-0.05, 0) is 23.2 Å². The Morgan fingerprint density at radius 3 is 2.88 bits per heavy atom. The molecule has 0 bridgehead atoms. The summed E-state index contributed by atoms with van der Waals surface area (Å²) in [5.74, 6) is 0.408. The lowest BCUT2D eigenvalue weighted by molar-refractivity contribution is 0.957. The van der Waals surface area contributed by atoms with Crippen LogP contribution in [0, 0.1) is 0 Å². The lowest BCUT2D eigenvalue weighted by Crippen LogP contribution is -2.04. The third-order valence-corrected chi connectivity index (χ3v) is 2.22. The Kier molecular flexibility index (Phi) is 3.48. The number of rotatable bonds is 3. The van der Waals surface area contributed by atoms with E-state index in [1.165, 1.54) is 0 Å². The van der Waals surface area contributed by atoms with Crippen LogP contribution in [0.3, 0.4) is 0 Å². The van der Waals surface area contributed by atoms with E-state index in [0.29, 0.717) is 12.4 Å². The van der Waals surface area contributed by atoms with Gasteiger partial charge in [-0.1, -0.05) is 17.7 Å². The van der Waals surface area contributed by atoms with Crippen LogP contribution in [-0.4, -0.2) is 20.2 Å². The monoisotopic (exact) mass is 255 g/mol. The average Bonchev–Trinajstić information content (AvgIpc) is 2.32. The van der Waals surface area contributed by atoms with Gasteiger partial charge in [-0.25, -0.2) is 0 Å². The van der Waals surface area contributed by atoms with Gasteiger partial charge in [0.1, 0.15) is 0 Å². The zero-order chi connectivity index (χ0) is 11.4. The Hall–Kier alpha value is -1.46. The molecule has 0 spiro atoms. The summed E-state index contributed by atoms with van der Waals surface area (Å²) in [4.78, 5) is 7.91. The highest BCUT2D eigenvalue weighted by molar-refractivity contribution is 6.32. The average molecular weight is 256 g/mol. The maximum Gasteiger partial charge on any atom is 0.245 e. The molecule has 0 saturated heterocycles. The molecule has 0 aliphatic heterocycles. The van der Waals surface area contributed by atoms with Crippen molar-refractivity contribution in [1.82, 2.24) is 20.2 Å². The summed E-state index contributed by atoms with van der Waals surface area (Å²) in [5.41, 5.74) is 1.01. The van der Waals surface area contributed by atoms with Gasteiger partial charge in [-0.2, -0.15) is 4.98 Å². The second kappa shape index (κ2) is 5.05. The largest absolute Gasteiger partial charge is 0.363 e. The van der Waals surface area contributed by atoms with Crippen LogP contribution in [0.4, 0.5) is 5.82 Å². The molecule has 0 saturated carbocycles. The number of hydrogen-bond acceptors (Lipinski definition) is 5. The van der Waals surface area contributed by atoms with Crippen LogP contribution in [0.25, 0.3) is 0 Å². The van der Waals surface area contributed by atoms with Crippen molar-refractivity contribution in [3.05, 3.63) is 40.5 Å². The molecule has 1 N–H and O–H groups in total. The number of pyridine rings is 1. The molecule has 2 aromatic rings. The van der Waals surface area contributed by atoms with Crippen molar-refractivity contribution in [2.24, 2.45) is 0 Å². The predicted octanol–water partition coefficient (Wildman–Crippen LogP) is 2.19. The molecule has 0 aromatic carbocycles. The maximum absolute atomic E-state index is 5.79. The van der Waals surface area contributed by atoms with Crippen LogP contribution < -0.4 is 5.32 Å². The van der Waals surface area contributed by atoms with Gasteiger partial charge in [0.15, 0.2) is 11.0 Å². The first-order valence-electron chi connectivity index (χ1n) is 4.44. The molecule has 7 heteroatoms. The summed E-state index contributed by atoms with van der Waals surface area (Å²) in [7, 11) is 0. The van der Waals surface area contributed by atoms with Gasteiger partial charge in [-0.3, -0.25) is 4.98 Å². The van der Waals surface area contributed by atoms with Crippen LogP contribution in [0.5, 0.6) is 0 Å². The van der Waals surface area contributed by atoms with E-state index in [-0.39, 0.29) is 10.4 Å². The van der Waals surface area contributed by atoms with E-state index in [4.69, 9.17) is 23.2 Å². The highest BCUT2D eigenvalue weighted by atomic mass is 35.5. The van der Waals surface area contributed by atoms with Crippen molar-refractivity contribution in [3.8, 4) is 0 Å². The molecular weight excluding hydrogens is 249 g/mol. The number of nitrogens with zero attached hydrogens (tertiary/aromatic N) is 4. The van der Waals surface area contributed by atoms with Gasteiger partial charge >= 0.3 is 0 Å². The third-order valence-electron chi connectivity index (χ3n) is 1.80. The van der Waals surface area contributed by atoms with E-state index < -0.39 is 0 Å². The molecule has 0 radical (unpaired) electrons. The first kappa shape index (κ1) is 11.0. The summed E-state index contributed by atoms with van der Waals surface area (Å²) < 4.78 is 0. The van der Waals surface area contributed by atoms with Crippen LogP contribution in [0.1, 0.15) is 5.56 Å². The summed E-state index contributed by atoms with van der Waals surface area (Å²) in [6.45, 7) is 0.544. The van der Waals surface area contributed by atoms with Gasteiger partial charge < -0.3 is 5.32 Å². The fourth-order valence-corrected chi connectivity index (χ4v) is 1.36. The third kappa shape index (κ3) is 2.77. The minimum atomic E-state index is 0.0538. The van der Waals surface area contributed by atoms with E-state index >= 15 is 0 Å². The standard InChI is InChI=1S/C9H7Cl2N5/c10-7-8(14-9(11)16-15-7)13-5-6-2-1-3-12-4-6/h1-4H,5H2,(H,13,14,16). The summed E-state index contributed by atoms with van der Waals surface area (Å²) in [5, 5.41) is 10.4. The Labute approximate surface area is 102 Å². The Morgan fingerprint density at radius 1 is 1.25 bits per heavy atom. The lowest BCUT2D eigenvalue weighted by atomic mass is 10.3. The van der Waals surface area contributed by atoms with E-state index in [9.17, 15) is 0 Å². The summed E-state index contributed by atoms with van der Waals surface area (Å²) >= 11 is 11.4. The first-order chi connectivity index (χ1) is 7.75. The molecule has 82 valence electrons. The molecule has 0 atom stereocenters. The Bertz CT molecular complexity index is 477. The Balaban J connectivity index is 2.08. The van der Waals surface area contributed by atoms with Crippen molar-refractivity contribution >= 4 is 29.0 Å². The second-order valence-electron chi connectivity index (χ2n) is 2.94. The number of hydrogen-bond donors (Lipinski definition) is 1. The van der Waals surface area contributed by atoms with Crippen molar-refractivity contribution in [2.45, 2.75) is 6.54 Å². The molecule has 2 heterocycles. The Morgan fingerprint density at radius 2 is 2.12 bits per heavy atom. The fraction of sp³-hybridized carbons (Fsp3) is 0.111. The van der Waals surface area contributed by atoms with Crippen LogP contribution in [0.15, 0.2) is 24.5 Å². The predicted molar refractivity (Wildman–Crippen MR) is 61.4 cm³/mol. The van der Waals surface area contributed by atoms with E-state index in [2.05, 4.69) is 25.5 Å². The number of nitrogens with one attached hydrogen (secondary N) is 1. The van der Waals surface area contributed by atoms with Crippen molar-refractivity contribution < 1.29 is 0 Å². The van der Waals surface area contributed by atoms with Crippen LogP contribution in [-0.2, 0) is 6.54 Å². The smallest absolute Gasteiger partial charge is 0.245 e. The van der Waals surface area contributed by atoms with Gasteiger partial charge in [0.05, 0.1) is 0 Å². The van der Waals surface area contributed by atoms with E-state index in [1.54, 1.807) is 12.4 Å². The number of halogens is 2. The maximum atomic E-state index is 5.79. The van der Waals surface area contributed by atoms with Crippen molar-refractivity contribution in [3.63, 3.8) is 0 Å². The lowest BCUT2D eigenvalue weighted by Gasteiger charge is -2.05. The molecular formula is C9H7Cl2N5. The summed E-state index contributed by atoms with van der Waals surface area (Å²) in [6, 6.07) is 3.79. The molecule has 16 heavy (non-hydrogen) atoms. The molecule has 5 nitrogen and oxygen atoms in total. The van der Waals surface area contributed by atoms with Gasteiger partial charge in [0.25, 0.3) is 0 Å². The fourth-order valence-electron chi connectivity index (χ4n) is 1.09. The molecule has 0 fully saturated rings. The molecule has 0 amide bonds. The molecule has 0 aliphatic rings. The minimum Gasteiger partial charge on any atom is -0.363 e. The normalized spacial score (nSPS) is 10.1. The minimum absolute atomic E-state index is 0.0538. The second-order valence-corrected chi connectivity index (χ2v) is 3.63. The quantitative estimate of drug-likeness (QED) is 0.911. The van der Waals surface area contributed by atoms with Gasteiger partial charge in [0, 0.05) is 18.9 Å². The SMILES string of the molecule is Clc1nnc(Cl)c(NCc2cccnc2)n1. The van der Waals surface area contributed by atoms with Gasteiger partial charge in [0.2, 0.25) is 5.28 Å². The van der Waals surface area contributed by atoms with Crippen LogP contribution >= 0.6 is 23.2 Å². The molecule has 0 aliphatic carbocycles. The van der Waals surface area contributed by atoms with Crippen LogP contribution in [0.2, 0.25) is 10.4 Å². The topological polar surface area (TPSA) is 63.6 Å². The van der Waals surface area contributed by atoms with Crippen molar-refractivity contribution in [2.75, 3.05) is 5.32 Å². The summed E-state index contributed by atoms with van der Waals surface area (Å²) in [6.07, 6.45) is 3.46. The number of aromatic nitrogens is 4. The molecule has 2 aromatic heterocycles. The molecule has 0 unspecified atom stereocenters. The van der Waals surface area contributed by atoms with E-state index in [0.717, 1.165) is 5.56 Å². The highest BCUT2D eigenvalue weighted by Crippen LogP contribution is 2.17. The van der Waals surface area contributed by atoms with Crippen molar-refractivity contribution in [1.29, 1.82) is 0 Å². The first-order valence-corrected chi connectivity index (χ1v) is 5.20. The van der Waals surface area contributed by atoms with Gasteiger partial charge in [-0.15, -0.1) is 10.2 Å². The number of anilines is 1. The zero-order valence-corrected chi connectivity index (χ0v) is 9.57. The van der Waals surface area contributed by atoms with E-state index in [1.807, 2.05) is 12.1 Å². The molecule has 2 rings (SSSR count). The highest BCUT2D eigenvalue weighted by Gasteiger charge is 2.05. The zero-order valence-electron chi connectivity index (χ0n) is 8.06.